The minimum Gasteiger partial charge on any atom is -0.407 e. The number of rotatable bonds is 15. The van der Waals surface area contributed by atoms with E-state index in [1.807, 2.05) is 13.0 Å². The molecule has 0 spiro atoms. The largest absolute Gasteiger partial charge is 0.407 e. The Morgan fingerprint density at radius 3 is 1.90 bits per heavy atom. The first-order valence-electron chi connectivity index (χ1n) is 14.5. The lowest BCUT2D eigenvalue weighted by atomic mass is 10.0. The number of hydrogen-bond acceptors (Lipinski definition) is 3. The van der Waals surface area contributed by atoms with E-state index in [9.17, 15) is 5.11 Å². The number of hydrogen-bond donors (Lipinski definition) is 1. The van der Waals surface area contributed by atoms with E-state index in [0.29, 0.717) is 19.6 Å². The van der Waals surface area contributed by atoms with Crippen molar-refractivity contribution in [2.24, 2.45) is 0 Å². The molecule has 3 aromatic rings. The van der Waals surface area contributed by atoms with Crippen LogP contribution in [0, 0.1) is 0 Å². The molecule has 0 radical (unpaired) electrons. The van der Waals surface area contributed by atoms with E-state index >= 15 is 0 Å². The first kappa shape index (κ1) is 31.0. The van der Waals surface area contributed by atoms with Crippen molar-refractivity contribution in [2.75, 3.05) is 6.61 Å². The third kappa shape index (κ3) is 8.74. The van der Waals surface area contributed by atoms with Gasteiger partial charge in [0.25, 0.3) is 8.32 Å². The van der Waals surface area contributed by atoms with Gasteiger partial charge >= 0.3 is 0 Å². The average molecular weight is 545 g/mol. The van der Waals surface area contributed by atoms with Crippen LogP contribution in [0.15, 0.2) is 103 Å². The lowest BCUT2D eigenvalue weighted by molar-refractivity contribution is 0.0315. The highest BCUT2D eigenvalue weighted by Crippen LogP contribution is 2.37. The van der Waals surface area contributed by atoms with Crippen molar-refractivity contribution in [1.82, 2.24) is 0 Å². The van der Waals surface area contributed by atoms with Crippen LogP contribution < -0.4 is 10.4 Å². The Morgan fingerprint density at radius 2 is 1.38 bits per heavy atom. The molecule has 0 saturated heterocycles. The van der Waals surface area contributed by atoms with E-state index in [1.165, 1.54) is 15.9 Å². The summed E-state index contributed by atoms with van der Waals surface area (Å²) in [4.78, 5) is 0. The minimum absolute atomic E-state index is 0.0655. The van der Waals surface area contributed by atoms with E-state index in [-0.39, 0.29) is 11.1 Å². The lowest BCUT2D eigenvalue weighted by Crippen LogP contribution is -2.66. The quantitative estimate of drug-likeness (QED) is 0.123. The molecule has 2 atom stereocenters. The molecule has 0 bridgehead atoms. The Bertz CT molecular complexity index is 1070. The van der Waals surface area contributed by atoms with Crippen LogP contribution in [0.25, 0.3) is 0 Å². The highest BCUT2D eigenvalue weighted by atomic mass is 28.4. The molecule has 3 rings (SSSR count). The van der Waals surface area contributed by atoms with Crippen LogP contribution >= 0.6 is 0 Å². The van der Waals surface area contributed by atoms with Crippen molar-refractivity contribution in [3.63, 3.8) is 0 Å². The molecule has 0 amide bonds. The Balaban J connectivity index is 1.56. The molecule has 0 aliphatic carbocycles. The van der Waals surface area contributed by atoms with Gasteiger partial charge in [0, 0.05) is 6.61 Å². The summed E-state index contributed by atoms with van der Waals surface area (Å²) in [6.07, 6.45) is 6.59. The smallest absolute Gasteiger partial charge is 0.261 e. The zero-order valence-corrected chi connectivity index (χ0v) is 25.6. The number of aliphatic hydroxyl groups excluding tert-OH is 1. The monoisotopic (exact) mass is 544 g/mol. The molecular formula is C35H48O3Si. The SMILES string of the molecule is CC[C@@H](CCC/C=C(\C)C(O)CCO[Si](c1ccccc1)(c1ccccc1)C(C)(C)C)OCc1ccccc1. The summed E-state index contributed by atoms with van der Waals surface area (Å²) < 4.78 is 13.1. The predicted octanol–water partition coefficient (Wildman–Crippen LogP) is 7.43. The minimum atomic E-state index is -2.58. The van der Waals surface area contributed by atoms with Crippen LogP contribution in [0.4, 0.5) is 0 Å². The molecule has 1 N–H and O–H groups in total. The first-order chi connectivity index (χ1) is 18.8. The van der Waals surface area contributed by atoms with E-state index in [1.54, 1.807) is 0 Å². The molecule has 3 nitrogen and oxygen atoms in total. The van der Waals surface area contributed by atoms with Gasteiger partial charge < -0.3 is 14.3 Å². The van der Waals surface area contributed by atoms with Gasteiger partial charge in [-0.2, -0.15) is 0 Å². The third-order valence-corrected chi connectivity index (χ3v) is 12.7. The molecule has 3 aromatic carbocycles. The molecule has 0 saturated carbocycles. The highest BCUT2D eigenvalue weighted by molar-refractivity contribution is 6.99. The summed E-state index contributed by atoms with van der Waals surface area (Å²) >= 11 is 0. The molecule has 4 heteroatoms. The Morgan fingerprint density at radius 1 is 0.846 bits per heavy atom. The van der Waals surface area contributed by atoms with Crippen LogP contribution in [-0.2, 0) is 15.8 Å². The Labute approximate surface area is 238 Å². The molecule has 39 heavy (non-hydrogen) atoms. The molecule has 0 heterocycles. The molecule has 0 fully saturated rings. The summed E-state index contributed by atoms with van der Waals surface area (Å²) in [7, 11) is -2.58. The summed E-state index contributed by atoms with van der Waals surface area (Å²) in [6.45, 7) is 12.3. The van der Waals surface area contributed by atoms with Gasteiger partial charge in [-0.25, -0.2) is 0 Å². The van der Waals surface area contributed by atoms with Gasteiger partial charge in [-0.1, -0.05) is 125 Å². The van der Waals surface area contributed by atoms with Crippen LogP contribution in [0.5, 0.6) is 0 Å². The fourth-order valence-corrected chi connectivity index (χ4v) is 9.90. The zero-order chi connectivity index (χ0) is 28.1. The van der Waals surface area contributed by atoms with Crippen LogP contribution in [0.2, 0.25) is 5.04 Å². The second-order valence-electron chi connectivity index (χ2n) is 11.5. The van der Waals surface area contributed by atoms with Crippen molar-refractivity contribution in [2.45, 2.75) is 90.6 Å². The summed E-state index contributed by atoms with van der Waals surface area (Å²) in [6, 6.07) is 31.7. The second kappa shape index (κ2) is 15.3. The fraction of sp³-hybridized carbons (Fsp3) is 0.429. The maximum absolute atomic E-state index is 11.0. The van der Waals surface area contributed by atoms with E-state index < -0.39 is 14.4 Å². The second-order valence-corrected chi connectivity index (χ2v) is 15.8. The number of ether oxygens (including phenoxy) is 1. The van der Waals surface area contributed by atoms with Crippen molar-refractivity contribution in [3.8, 4) is 0 Å². The molecule has 1 unspecified atom stereocenters. The third-order valence-electron chi connectivity index (χ3n) is 7.63. The predicted molar refractivity (Wildman–Crippen MR) is 167 cm³/mol. The van der Waals surface area contributed by atoms with Crippen molar-refractivity contribution in [1.29, 1.82) is 0 Å². The van der Waals surface area contributed by atoms with Crippen LogP contribution in [-0.4, -0.2) is 32.2 Å². The van der Waals surface area contributed by atoms with E-state index in [2.05, 4.69) is 119 Å². The lowest BCUT2D eigenvalue weighted by Gasteiger charge is -2.43. The first-order valence-corrected chi connectivity index (χ1v) is 16.4. The van der Waals surface area contributed by atoms with Crippen molar-refractivity contribution >= 4 is 18.7 Å². The number of allylic oxidation sites excluding steroid dienone is 1. The topological polar surface area (TPSA) is 38.7 Å². The fourth-order valence-electron chi connectivity index (χ4n) is 5.32. The maximum Gasteiger partial charge on any atom is 0.261 e. The van der Waals surface area contributed by atoms with Gasteiger partial charge in [-0.3, -0.25) is 0 Å². The molecular weight excluding hydrogens is 496 g/mol. The standard InChI is InChI=1S/C35H48O3Si/c1-6-31(37-28-30-19-10-7-11-20-30)21-17-16-18-29(2)34(36)26-27-38-39(35(3,4)5,32-22-12-8-13-23-32)33-24-14-9-15-25-33/h7-15,18-20,22-25,31,34,36H,6,16-17,21,26-28H2,1-5H3/b29-18+/t31-,34?/m0/s1. The van der Waals surface area contributed by atoms with Crippen molar-refractivity contribution in [3.05, 3.63) is 108 Å². The highest BCUT2D eigenvalue weighted by Gasteiger charge is 2.50. The normalized spacial score (nSPS) is 14.3. The Hall–Kier alpha value is -2.50. The van der Waals surface area contributed by atoms with Gasteiger partial charge in [0.2, 0.25) is 0 Å². The van der Waals surface area contributed by atoms with Crippen molar-refractivity contribution < 1.29 is 14.3 Å². The van der Waals surface area contributed by atoms with Gasteiger partial charge in [-0.15, -0.1) is 0 Å². The maximum atomic E-state index is 11.0. The summed E-state index contributed by atoms with van der Waals surface area (Å²) in [5, 5.41) is 13.4. The molecule has 0 aliphatic rings. The summed E-state index contributed by atoms with van der Waals surface area (Å²) in [5.74, 6) is 0. The Kier molecular flexibility index (Phi) is 12.2. The number of benzene rings is 3. The summed E-state index contributed by atoms with van der Waals surface area (Å²) in [5.41, 5.74) is 2.24. The van der Waals surface area contributed by atoms with Gasteiger partial charge in [0.15, 0.2) is 0 Å². The number of aliphatic hydroxyl groups is 1. The molecule has 0 aliphatic heterocycles. The van der Waals surface area contributed by atoms with Gasteiger partial charge in [-0.05, 0) is 65.6 Å². The molecule has 0 aromatic heterocycles. The number of unbranched alkanes of at least 4 members (excludes halogenated alkanes) is 1. The van der Waals surface area contributed by atoms with Gasteiger partial charge in [0.05, 0.1) is 18.8 Å². The average Bonchev–Trinajstić information content (AvgIpc) is 2.95. The zero-order valence-electron chi connectivity index (χ0n) is 24.6. The van der Waals surface area contributed by atoms with Crippen LogP contribution in [0.1, 0.15) is 72.3 Å². The van der Waals surface area contributed by atoms with Gasteiger partial charge in [0.1, 0.15) is 0 Å². The molecule has 210 valence electrons. The van der Waals surface area contributed by atoms with E-state index in [0.717, 1.165) is 31.3 Å². The van der Waals surface area contributed by atoms with Crippen LogP contribution in [0.3, 0.4) is 0 Å². The van der Waals surface area contributed by atoms with E-state index in [4.69, 9.17) is 9.16 Å².